The van der Waals surface area contributed by atoms with Crippen molar-refractivity contribution in [1.29, 1.82) is 0 Å². The minimum absolute atomic E-state index is 0.0575. The van der Waals surface area contributed by atoms with Gasteiger partial charge in [0.1, 0.15) is 18.2 Å². The second-order valence-corrected chi connectivity index (χ2v) is 15.0. The number of hydrogen-bond acceptors (Lipinski definition) is 5. The Morgan fingerprint density at radius 3 is 2.47 bits per heavy atom. The summed E-state index contributed by atoms with van der Waals surface area (Å²) in [6.07, 6.45) is 47.5. The lowest BCUT2D eigenvalue weighted by Crippen LogP contribution is -2.46. The van der Waals surface area contributed by atoms with Gasteiger partial charge in [0, 0.05) is 29.4 Å². The number of amidine groups is 2. The van der Waals surface area contributed by atoms with Crippen molar-refractivity contribution in [3.05, 3.63) is 172 Å². The summed E-state index contributed by atoms with van der Waals surface area (Å²) < 4.78 is 0. The Labute approximate surface area is 301 Å². The lowest BCUT2D eigenvalue weighted by Gasteiger charge is -2.36. The zero-order chi connectivity index (χ0) is 33.7. The van der Waals surface area contributed by atoms with Gasteiger partial charge >= 0.3 is 0 Å². The van der Waals surface area contributed by atoms with Gasteiger partial charge in [-0.15, -0.1) is 0 Å². The average Bonchev–Trinajstić information content (AvgIpc) is 3.56. The molecule has 10 rings (SSSR count). The number of allylic oxidation sites excluding steroid dienone is 17. The largest absolute Gasteiger partial charge is 0.360 e. The number of hydrogen-bond donors (Lipinski definition) is 2. The summed E-state index contributed by atoms with van der Waals surface area (Å²) in [7, 11) is 0. The molecule has 3 heterocycles. The summed E-state index contributed by atoms with van der Waals surface area (Å²) in [5.41, 5.74) is 12.5. The van der Waals surface area contributed by atoms with Gasteiger partial charge in [0.15, 0.2) is 5.84 Å². The first-order valence-electron chi connectivity index (χ1n) is 19.1. The molecule has 9 aliphatic rings. The van der Waals surface area contributed by atoms with Crippen LogP contribution in [0.15, 0.2) is 171 Å². The van der Waals surface area contributed by atoms with E-state index in [1.807, 2.05) is 0 Å². The Bertz CT molecular complexity index is 2100. The van der Waals surface area contributed by atoms with Crippen LogP contribution in [0.1, 0.15) is 68.4 Å². The Balaban J connectivity index is 0.924. The molecule has 0 bridgehead atoms. The standard InChI is InChI=1S/C46H45N5/c1-3-12-30(13-4-1)31-22-24-33(25-23-31)44-48-43(32-14-5-2-6-15-32)49-45(50-44)34-26-28-35(29-27-34)46-47-40-20-11-19-39-37-17-8-7-16-36(37)38-18-9-10-21-41(38)51(46)42(39)40/h1-5,7-10,12,14,16-17,20-24,26,28-30,33-34,38,45-47H,6,11,13,15,18-19,25,27H2,(H,48,49,50). The maximum absolute atomic E-state index is 5.30. The van der Waals surface area contributed by atoms with E-state index in [1.54, 1.807) is 0 Å². The van der Waals surface area contributed by atoms with Gasteiger partial charge in [-0.05, 0) is 90.9 Å². The van der Waals surface area contributed by atoms with E-state index in [4.69, 9.17) is 9.98 Å². The molecule has 51 heavy (non-hydrogen) atoms. The Kier molecular flexibility index (Phi) is 7.73. The molecule has 1 aromatic carbocycles. The highest BCUT2D eigenvalue weighted by Gasteiger charge is 2.44. The van der Waals surface area contributed by atoms with E-state index in [2.05, 4.69) is 143 Å². The van der Waals surface area contributed by atoms with Crippen LogP contribution in [-0.4, -0.2) is 28.9 Å². The van der Waals surface area contributed by atoms with E-state index in [-0.39, 0.29) is 24.2 Å². The molecule has 0 spiro atoms. The van der Waals surface area contributed by atoms with Crippen LogP contribution in [0.3, 0.4) is 0 Å². The second kappa shape index (κ2) is 12.9. The number of aliphatic imine (C=N–C) groups is 2. The molecular weight excluding hydrogens is 623 g/mol. The fourth-order valence-corrected chi connectivity index (χ4v) is 9.34. The zero-order valence-electron chi connectivity index (χ0n) is 29.1. The molecule has 1 saturated heterocycles. The van der Waals surface area contributed by atoms with Gasteiger partial charge in [0.25, 0.3) is 0 Å². The highest BCUT2D eigenvalue weighted by Crippen LogP contribution is 2.51. The van der Waals surface area contributed by atoms with Crippen molar-refractivity contribution in [2.45, 2.75) is 69.6 Å². The third-order valence-corrected chi connectivity index (χ3v) is 12.0. The summed E-state index contributed by atoms with van der Waals surface area (Å²) in [5.74, 6) is 3.26. The predicted molar refractivity (Wildman–Crippen MR) is 209 cm³/mol. The van der Waals surface area contributed by atoms with Crippen molar-refractivity contribution < 1.29 is 0 Å². The third kappa shape index (κ3) is 5.45. The topological polar surface area (TPSA) is 52.0 Å². The Hall–Kier alpha value is -5.16. The van der Waals surface area contributed by atoms with Crippen LogP contribution in [0.5, 0.6) is 0 Å². The van der Waals surface area contributed by atoms with Crippen LogP contribution in [0.2, 0.25) is 0 Å². The Morgan fingerprint density at radius 2 is 1.63 bits per heavy atom. The van der Waals surface area contributed by atoms with Gasteiger partial charge in [-0.1, -0.05) is 121 Å². The minimum atomic E-state index is -0.0575. The highest BCUT2D eigenvalue weighted by molar-refractivity contribution is 6.09. The molecule has 6 aliphatic carbocycles. The van der Waals surface area contributed by atoms with E-state index < -0.39 is 0 Å². The van der Waals surface area contributed by atoms with Crippen LogP contribution in [-0.2, 0) is 0 Å². The average molecular weight is 668 g/mol. The zero-order valence-corrected chi connectivity index (χ0v) is 29.1. The number of rotatable bonds is 5. The highest BCUT2D eigenvalue weighted by atomic mass is 15.4. The van der Waals surface area contributed by atoms with E-state index in [9.17, 15) is 0 Å². The summed E-state index contributed by atoms with van der Waals surface area (Å²) >= 11 is 0. The number of benzene rings is 1. The lowest BCUT2D eigenvalue weighted by atomic mass is 9.84. The molecule has 6 atom stereocenters. The van der Waals surface area contributed by atoms with Crippen molar-refractivity contribution in [1.82, 2.24) is 15.5 Å². The fourth-order valence-electron chi connectivity index (χ4n) is 9.34. The number of nitrogens with one attached hydrogen (secondary N) is 2. The van der Waals surface area contributed by atoms with E-state index in [0.717, 1.165) is 63.0 Å². The minimum Gasteiger partial charge on any atom is -0.360 e. The number of nitrogens with zero attached hydrogens (tertiary/aromatic N) is 3. The molecule has 254 valence electrons. The van der Waals surface area contributed by atoms with Crippen LogP contribution in [0, 0.1) is 17.8 Å². The second-order valence-electron chi connectivity index (χ2n) is 15.0. The monoisotopic (exact) mass is 667 g/mol. The van der Waals surface area contributed by atoms with Gasteiger partial charge < -0.3 is 15.5 Å². The molecule has 0 radical (unpaired) electrons. The molecule has 2 N–H and O–H groups in total. The van der Waals surface area contributed by atoms with Crippen LogP contribution in [0.25, 0.3) is 5.57 Å². The van der Waals surface area contributed by atoms with Crippen molar-refractivity contribution in [2.24, 2.45) is 27.7 Å². The van der Waals surface area contributed by atoms with Crippen molar-refractivity contribution >= 4 is 17.2 Å². The molecule has 0 aromatic heterocycles. The maximum Gasteiger partial charge on any atom is 0.154 e. The molecule has 3 aliphatic heterocycles. The lowest BCUT2D eigenvalue weighted by molar-refractivity contribution is 0.356. The first-order chi connectivity index (χ1) is 25.3. The fraction of sp³-hybridized carbons (Fsp3) is 0.304. The summed E-state index contributed by atoms with van der Waals surface area (Å²) in [6, 6.07) is 9.14. The first-order valence-corrected chi connectivity index (χ1v) is 19.1. The number of fused-ring (bicyclic) bond motifs is 5. The molecular formula is C46H45N5. The molecule has 5 heteroatoms. The third-order valence-electron chi connectivity index (χ3n) is 12.0. The van der Waals surface area contributed by atoms with Crippen LogP contribution in [0.4, 0.5) is 0 Å². The molecule has 0 saturated carbocycles. The van der Waals surface area contributed by atoms with E-state index >= 15 is 0 Å². The van der Waals surface area contributed by atoms with Crippen molar-refractivity contribution in [3.8, 4) is 0 Å². The van der Waals surface area contributed by atoms with E-state index in [1.165, 1.54) is 50.5 Å². The molecule has 0 amide bonds. The van der Waals surface area contributed by atoms with E-state index in [0.29, 0.717) is 11.8 Å². The SMILES string of the molecule is C1=CCCC(C2=NC(C3C=CC(C4NC5=CCCC6=C5N4C4=CC=CCC4c4ccccc46)=CC3)NC(C3C=CC(C4C=CC=CC4)=CC3)=N2)=C1. The molecule has 6 unspecified atom stereocenters. The van der Waals surface area contributed by atoms with Gasteiger partial charge in [-0.2, -0.15) is 0 Å². The van der Waals surface area contributed by atoms with Gasteiger partial charge in [-0.3, -0.25) is 0 Å². The van der Waals surface area contributed by atoms with Gasteiger partial charge in [0.05, 0.1) is 11.4 Å². The quantitative estimate of drug-likeness (QED) is 0.329. The van der Waals surface area contributed by atoms with Gasteiger partial charge in [0.2, 0.25) is 0 Å². The smallest absolute Gasteiger partial charge is 0.154 e. The molecule has 1 aromatic rings. The summed E-state index contributed by atoms with van der Waals surface area (Å²) in [6.45, 7) is 0. The van der Waals surface area contributed by atoms with Crippen LogP contribution < -0.4 is 10.6 Å². The van der Waals surface area contributed by atoms with Crippen LogP contribution >= 0.6 is 0 Å². The first kappa shape index (κ1) is 30.6. The molecule has 5 nitrogen and oxygen atoms in total. The van der Waals surface area contributed by atoms with Gasteiger partial charge in [-0.25, -0.2) is 9.98 Å². The predicted octanol–water partition coefficient (Wildman–Crippen LogP) is 9.39. The molecule has 1 fully saturated rings. The Morgan fingerprint density at radius 1 is 0.725 bits per heavy atom. The van der Waals surface area contributed by atoms with Crippen molar-refractivity contribution in [2.75, 3.05) is 0 Å². The summed E-state index contributed by atoms with van der Waals surface area (Å²) in [5, 5.41) is 7.84. The summed E-state index contributed by atoms with van der Waals surface area (Å²) in [4.78, 5) is 13.1. The maximum atomic E-state index is 5.30. The van der Waals surface area contributed by atoms with Crippen molar-refractivity contribution in [3.63, 3.8) is 0 Å². The normalized spacial score (nSPS) is 31.5.